The van der Waals surface area contributed by atoms with E-state index in [2.05, 4.69) is 37.3 Å². The zero-order valence-corrected chi connectivity index (χ0v) is 15.8. The molecule has 0 atom stereocenters. The monoisotopic (exact) mass is 376 g/mol. The van der Waals surface area contributed by atoms with E-state index in [1.807, 2.05) is 0 Å². The van der Waals surface area contributed by atoms with Crippen LogP contribution < -0.4 is 16.6 Å². The molecule has 1 N–H and O–H groups in total. The average Bonchev–Trinajstić information content (AvgIpc) is 2.68. The fraction of sp³-hybridized carbons (Fsp3) is 0.625. The minimum absolute atomic E-state index is 0.0507. The molecule has 0 bridgehead atoms. The van der Waals surface area contributed by atoms with Crippen LogP contribution in [0.4, 0.5) is 0 Å². The maximum absolute atomic E-state index is 12.3. The van der Waals surface area contributed by atoms with Gasteiger partial charge in [0.25, 0.3) is 11.5 Å². The van der Waals surface area contributed by atoms with Crippen LogP contribution in [0, 0.1) is 0 Å². The molecule has 1 aliphatic heterocycles. The average molecular weight is 376 g/mol. The summed E-state index contributed by atoms with van der Waals surface area (Å²) >= 11 is 0. The highest BCUT2D eigenvalue weighted by Gasteiger charge is 2.17. The van der Waals surface area contributed by atoms with Gasteiger partial charge < -0.3 is 15.1 Å². The van der Waals surface area contributed by atoms with Gasteiger partial charge >= 0.3 is 5.69 Å². The molecule has 1 aliphatic rings. The van der Waals surface area contributed by atoms with Gasteiger partial charge in [-0.2, -0.15) is 0 Å². The highest BCUT2D eigenvalue weighted by atomic mass is 16.2. The van der Waals surface area contributed by atoms with Gasteiger partial charge in [0.2, 0.25) is 5.82 Å². The van der Waals surface area contributed by atoms with E-state index in [9.17, 15) is 14.4 Å². The Bertz CT molecular complexity index is 959. The smallest absolute Gasteiger partial charge is 0.332 e. The summed E-state index contributed by atoms with van der Waals surface area (Å²) in [6.45, 7) is 5.57. The Balaban J connectivity index is 1.62. The van der Waals surface area contributed by atoms with Crippen molar-refractivity contribution in [3.63, 3.8) is 0 Å². The number of likely N-dealkylation sites (N-methyl/N-ethyl adjacent to an activating group) is 1. The molecular formula is C16H24N8O3. The van der Waals surface area contributed by atoms with E-state index in [1.54, 1.807) is 0 Å². The van der Waals surface area contributed by atoms with Gasteiger partial charge in [-0.1, -0.05) is 0 Å². The Morgan fingerprint density at radius 3 is 2.44 bits per heavy atom. The predicted octanol–water partition coefficient (Wildman–Crippen LogP) is -2.21. The van der Waals surface area contributed by atoms with Gasteiger partial charge in [-0.15, -0.1) is 10.2 Å². The molecule has 11 nitrogen and oxygen atoms in total. The van der Waals surface area contributed by atoms with Crippen molar-refractivity contribution in [1.29, 1.82) is 0 Å². The van der Waals surface area contributed by atoms with Gasteiger partial charge in [-0.3, -0.25) is 18.7 Å². The Morgan fingerprint density at radius 1 is 1.04 bits per heavy atom. The zero-order valence-electron chi connectivity index (χ0n) is 15.8. The van der Waals surface area contributed by atoms with E-state index in [4.69, 9.17) is 0 Å². The van der Waals surface area contributed by atoms with Crippen LogP contribution in [-0.4, -0.2) is 86.3 Å². The Morgan fingerprint density at radius 2 is 1.74 bits per heavy atom. The maximum Gasteiger partial charge on any atom is 0.332 e. The molecule has 0 radical (unpaired) electrons. The molecule has 0 saturated carbocycles. The Labute approximate surface area is 155 Å². The second-order valence-corrected chi connectivity index (χ2v) is 6.77. The van der Waals surface area contributed by atoms with Crippen LogP contribution >= 0.6 is 0 Å². The molecule has 0 aliphatic carbocycles. The van der Waals surface area contributed by atoms with Crippen molar-refractivity contribution in [1.82, 2.24) is 39.4 Å². The molecule has 0 unspecified atom stereocenters. The van der Waals surface area contributed by atoms with Gasteiger partial charge in [0.05, 0.1) is 0 Å². The van der Waals surface area contributed by atoms with Crippen LogP contribution in [0.25, 0.3) is 11.2 Å². The second-order valence-electron chi connectivity index (χ2n) is 6.77. The first-order chi connectivity index (χ1) is 12.9. The van der Waals surface area contributed by atoms with Crippen LogP contribution in [0.3, 0.4) is 0 Å². The third-order valence-corrected chi connectivity index (χ3v) is 4.80. The number of aromatic nitrogens is 5. The lowest BCUT2D eigenvalue weighted by atomic mass is 10.3. The molecule has 146 valence electrons. The molecule has 0 aromatic carbocycles. The molecule has 11 heteroatoms. The quantitative estimate of drug-likeness (QED) is 0.584. The van der Waals surface area contributed by atoms with Crippen LogP contribution in [-0.2, 0) is 14.1 Å². The standard InChI is InChI=1S/C16H24N8O3/c1-21-7-9-24(10-8-21)6-4-5-17-14(25)12-18-11-13(20-19-12)22(2)16(27)23(3)15(11)26/h4-10H2,1-3H3,(H,17,25). The molecule has 3 heterocycles. The van der Waals surface area contributed by atoms with Gasteiger partial charge in [-0.05, 0) is 20.0 Å². The lowest BCUT2D eigenvalue weighted by Crippen LogP contribution is -2.45. The summed E-state index contributed by atoms with van der Waals surface area (Å²) in [6, 6.07) is 0. The summed E-state index contributed by atoms with van der Waals surface area (Å²) in [5.41, 5.74) is -1.14. The maximum atomic E-state index is 12.3. The number of carbonyl (C=O) groups is 1. The van der Waals surface area contributed by atoms with E-state index in [0.717, 1.165) is 43.7 Å². The van der Waals surface area contributed by atoms with E-state index < -0.39 is 17.2 Å². The van der Waals surface area contributed by atoms with Crippen LogP contribution in [0.1, 0.15) is 17.0 Å². The van der Waals surface area contributed by atoms with Crippen molar-refractivity contribution < 1.29 is 4.79 Å². The number of fused-ring (bicyclic) bond motifs is 1. The normalized spacial score (nSPS) is 16.0. The largest absolute Gasteiger partial charge is 0.349 e. The molecule has 1 fully saturated rings. The SMILES string of the molecule is CN1CCN(CCCNC(=O)c2nnc3c(n2)c(=O)n(C)c(=O)n3C)CC1. The molecule has 3 rings (SSSR count). The second kappa shape index (κ2) is 7.92. The molecule has 0 spiro atoms. The summed E-state index contributed by atoms with van der Waals surface area (Å²) in [6.07, 6.45) is 0.812. The molecule has 2 aromatic rings. The van der Waals surface area contributed by atoms with E-state index >= 15 is 0 Å². The van der Waals surface area contributed by atoms with Crippen molar-refractivity contribution in [3.05, 3.63) is 26.7 Å². The summed E-state index contributed by atoms with van der Waals surface area (Å²) < 4.78 is 2.10. The van der Waals surface area contributed by atoms with Crippen LogP contribution in [0.15, 0.2) is 9.59 Å². The van der Waals surface area contributed by atoms with Gasteiger partial charge in [0, 0.05) is 46.8 Å². The highest BCUT2D eigenvalue weighted by molar-refractivity contribution is 5.91. The number of aryl methyl sites for hydroxylation is 1. The molecule has 27 heavy (non-hydrogen) atoms. The number of hydrogen-bond donors (Lipinski definition) is 1. The number of nitrogens with zero attached hydrogens (tertiary/aromatic N) is 7. The zero-order chi connectivity index (χ0) is 19.6. The first kappa shape index (κ1) is 19.1. The topological polar surface area (TPSA) is 118 Å². The summed E-state index contributed by atoms with van der Waals surface area (Å²) in [7, 11) is 4.93. The van der Waals surface area contributed by atoms with Crippen molar-refractivity contribution in [2.75, 3.05) is 46.3 Å². The third kappa shape index (κ3) is 4.03. The Hall–Kier alpha value is -2.66. The highest BCUT2D eigenvalue weighted by Crippen LogP contribution is 2.01. The molecule has 1 amide bonds. The van der Waals surface area contributed by atoms with E-state index in [-0.39, 0.29) is 17.0 Å². The fourth-order valence-corrected chi connectivity index (χ4v) is 3.00. The van der Waals surface area contributed by atoms with Crippen molar-refractivity contribution in [2.45, 2.75) is 6.42 Å². The van der Waals surface area contributed by atoms with E-state index in [1.165, 1.54) is 18.7 Å². The molecule has 2 aromatic heterocycles. The van der Waals surface area contributed by atoms with Crippen molar-refractivity contribution >= 4 is 17.1 Å². The number of piperazine rings is 1. The van der Waals surface area contributed by atoms with Crippen molar-refractivity contribution in [3.8, 4) is 0 Å². The van der Waals surface area contributed by atoms with Crippen LogP contribution in [0.2, 0.25) is 0 Å². The lowest BCUT2D eigenvalue weighted by molar-refractivity contribution is 0.0938. The van der Waals surface area contributed by atoms with E-state index in [0.29, 0.717) is 6.54 Å². The van der Waals surface area contributed by atoms with Crippen molar-refractivity contribution in [2.24, 2.45) is 14.1 Å². The first-order valence-electron chi connectivity index (χ1n) is 8.88. The number of rotatable bonds is 5. The minimum Gasteiger partial charge on any atom is -0.349 e. The molecule has 1 saturated heterocycles. The van der Waals surface area contributed by atoms with Crippen LogP contribution in [0.5, 0.6) is 0 Å². The van der Waals surface area contributed by atoms with Gasteiger partial charge in [-0.25, -0.2) is 9.78 Å². The predicted molar refractivity (Wildman–Crippen MR) is 98.7 cm³/mol. The number of carbonyl (C=O) groups excluding carboxylic acids is 1. The Kier molecular flexibility index (Phi) is 5.61. The number of hydrogen-bond acceptors (Lipinski definition) is 8. The summed E-state index contributed by atoms with van der Waals surface area (Å²) in [5, 5.41) is 10.3. The number of amides is 1. The van der Waals surface area contributed by atoms with Gasteiger partial charge in [0.15, 0.2) is 11.2 Å². The molecular weight excluding hydrogens is 352 g/mol. The first-order valence-corrected chi connectivity index (χ1v) is 8.88. The third-order valence-electron chi connectivity index (χ3n) is 4.80. The number of nitrogens with one attached hydrogen (secondary N) is 1. The summed E-state index contributed by atoms with van der Waals surface area (Å²) in [4.78, 5) is 45.0. The fourth-order valence-electron chi connectivity index (χ4n) is 3.00. The minimum atomic E-state index is -0.605. The lowest BCUT2D eigenvalue weighted by Gasteiger charge is -2.32. The summed E-state index contributed by atoms with van der Waals surface area (Å²) in [5.74, 6) is -0.670. The van der Waals surface area contributed by atoms with Gasteiger partial charge in [0.1, 0.15) is 0 Å².